The molecular weight excluding hydrogens is 232 g/mol. The molecule has 0 spiro atoms. The molecule has 0 saturated carbocycles. The Bertz CT molecular complexity index is 371. The Morgan fingerprint density at radius 3 is 2.39 bits per heavy atom. The van der Waals surface area contributed by atoms with Crippen molar-refractivity contribution in [2.45, 2.75) is 27.7 Å². The molecule has 0 aliphatic rings. The molecule has 102 valence electrons. The van der Waals surface area contributed by atoms with Crippen LogP contribution in [-0.4, -0.2) is 28.1 Å². The minimum Gasteiger partial charge on any atom is -0.464 e. The number of ether oxygens (including phenoxy) is 1. The number of aromatic nitrogens is 3. The van der Waals surface area contributed by atoms with Crippen molar-refractivity contribution in [2.24, 2.45) is 17.7 Å². The summed E-state index contributed by atoms with van der Waals surface area (Å²) in [4.78, 5) is 12.3. The van der Waals surface area contributed by atoms with Crippen LogP contribution < -0.4 is 21.3 Å². The van der Waals surface area contributed by atoms with Gasteiger partial charge in [-0.3, -0.25) is 5.43 Å². The van der Waals surface area contributed by atoms with Gasteiger partial charge in [-0.2, -0.15) is 15.0 Å². The van der Waals surface area contributed by atoms with E-state index in [2.05, 4.69) is 46.5 Å². The lowest BCUT2D eigenvalue weighted by atomic mass is 9.98. The lowest BCUT2D eigenvalue weighted by Crippen LogP contribution is -2.19. The highest BCUT2D eigenvalue weighted by Crippen LogP contribution is 2.13. The molecule has 1 atom stereocenters. The number of hydrogen-bond donors (Lipinski definition) is 3. The van der Waals surface area contributed by atoms with Gasteiger partial charge in [-0.15, -0.1) is 0 Å². The van der Waals surface area contributed by atoms with E-state index >= 15 is 0 Å². The molecule has 0 saturated heterocycles. The van der Waals surface area contributed by atoms with Crippen LogP contribution in [0, 0.1) is 11.8 Å². The second kappa shape index (κ2) is 6.95. The Hall–Kier alpha value is -1.63. The van der Waals surface area contributed by atoms with Crippen molar-refractivity contribution in [3.8, 4) is 6.01 Å². The summed E-state index contributed by atoms with van der Waals surface area (Å²) in [6.07, 6.45) is 0. The maximum atomic E-state index is 5.30. The number of hydrogen-bond acceptors (Lipinski definition) is 7. The smallest absolute Gasteiger partial charge is 0.323 e. The molecule has 4 N–H and O–H groups in total. The summed E-state index contributed by atoms with van der Waals surface area (Å²) in [6, 6.07) is 0.264. The zero-order chi connectivity index (χ0) is 13.5. The van der Waals surface area contributed by atoms with Gasteiger partial charge in [0.05, 0.1) is 6.61 Å². The summed E-state index contributed by atoms with van der Waals surface area (Å²) in [7, 11) is 0. The lowest BCUT2D eigenvalue weighted by Gasteiger charge is -2.16. The van der Waals surface area contributed by atoms with Gasteiger partial charge in [0.15, 0.2) is 0 Å². The summed E-state index contributed by atoms with van der Waals surface area (Å²) >= 11 is 0. The van der Waals surface area contributed by atoms with Crippen LogP contribution in [0.1, 0.15) is 27.7 Å². The second-order valence-corrected chi connectivity index (χ2v) is 4.44. The third-order valence-corrected chi connectivity index (χ3v) is 2.74. The second-order valence-electron chi connectivity index (χ2n) is 4.44. The summed E-state index contributed by atoms with van der Waals surface area (Å²) in [5.41, 5.74) is 2.39. The fraction of sp³-hybridized carbons (Fsp3) is 0.727. The summed E-state index contributed by atoms with van der Waals surface area (Å²) in [6.45, 7) is 9.68. The first-order valence-corrected chi connectivity index (χ1v) is 6.16. The van der Waals surface area contributed by atoms with E-state index in [9.17, 15) is 0 Å². The standard InChI is InChI=1S/C11H22N6O/c1-5-18-11-15-9(14-10(16-11)17-12)13-6-8(4)7(2)3/h7-8H,5-6,12H2,1-4H3,(H2,13,14,15,16,17). The Morgan fingerprint density at radius 1 is 1.17 bits per heavy atom. The highest BCUT2D eigenvalue weighted by molar-refractivity contribution is 5.34. The van der Waals surface area contributed by atoms with Crippen molar-refractivity contribution in [3.05, 3.63) is 0 Å². The topological polar surface area (TPSA) is 98.0 Å². The predicted molar refractivity (Wildman–Crippen MR) is 71.3 cm³/mol. The maximum Gasteiger partial charge on any atom is 0.323 e. The number of nitrogens with zero attached hydrogens (tertiary/aromatic N) is 3. The van der Waals surface area contributed by atoms with E-state index in [0.29, 0.717) is 24.4 Å². The molecule has 0 amide bonds. The Kier molecular flexibility index (Phi) is 5.57. The van der Waals surface area contributed by atoms with Crippen molar-refractivity contribution in [1.82, 2.24) is 15.0 Å². The van der Waals surface area contributed by atoms with Gasteiger partial charge < -0.3 is 10.1 Å². The van der Waals surface area contributed by atoms with Crippen LogP contribution in [0.5, 0.6) is 6.01 Å². The molecule has 1 heterocycles. The molecule has 7 heteroatoms. The van der Waals surface area contributed by atoms with Gasteiger partial charge >= 0.3 is 6.01 Å². The van der Waals surface area contributed by atoms with Crippen molar-refractivity contribution in [3.63, 3.8) is 0 Å². The molecule has 7 nitrogen and oxygen atoms in total. The van der Waals surface area contributed by atoms with Crippen LogP contribution in [0.3, 0.4) is 0 Å². The molecule has 1 unspecified atom stereocenters. The van der Waals surface area contributed by atoms with Crippen LogP contribution in [0.2, 0.25) is 0 Å². The first kappa shape index (κ1) is 14.4. The SMILES string of the molecule is CCOc1nc(NN)nc(NCC(C)C(C)C)n1. The molecule has 1 rings (SSSR count). The van der Waals surface area contributed by atoms with E-state index in [1.54, 1.807) is 0 Å². The highest BCUT2D eigenvalue weighted by Gasteiger charge is 2.10. The normalized spacial score (nSPS) is 12.3. The van der Waals surface area contributed by atoms with Crippen molar-refractivity contribution in [1.29, 1.82) is 0 Å². The fourth-order valence-corrected chi connectivity index (χ4v) is 1.18. The van der Waals surface area contributed by atoms with Gasteiger partial charge in [0.1, 0.15) is 0 Å². The molecule has 0 bridgehead atoms. The first-order chi connectivity index (χ1) is 8.56. The molecule has 0 aromatic carbocycles. The quantitative estimate of drug-likeness (QED) is 0.497. The Morgan fingerprint density at radius 2 is 1.83 bits per heavy atom. The molecule has 0 aliphatic heterocycles. The van der Waals surface area contributed by atoms with Crippen LogP contribution in [-0.2, 0) is 0 Å². The van der Waals surface area contributed by atoms with E-state index < -0.39 is 0 Å². The number of hydrazine groups is 1. The summed E-state index contributed by atoms with van der Waals surface area (Å²) < 4.78 is 5.25. The Labute approximate surface area is 108 Å². The first-order valence-electron chi connectivity index (χ1n) is 6.16. The fourth-order valence-electron chi connectivity index (χ4n) is 1.18. The highest BCUT2D eigenvalue weighted by atomic mass is 16.5. The van der Waals surface area contributed by atoms with Crippen LogP contribution in [0.25, 0.3) is 0 Å². The van der Waals surface area contributed by atoms with Gasteiger partial charge in [-0.25, -0.2) is 5.84 Å². The maximum absolute atomic E-state index is 5.30. The van der Waals surface area contributed by atoms with Gasteiger partial charge in [-0.1, -0.05) is 20.8 Å². The number of nitrogens with two attached hydrogens (primary N) is 1. The van der Waals surface area contributed by atoms with Crippen LogP contribution in [0.4, 0.5) is 11.9 Å². The van der Waals surface area contributed by atoms with E-state index in [0.717, 1.165) is 6.54 Å². The van der Waals surface area contributed by atoms with Crippen molar-refractivity contribution < 1.29 is 4.74 Å². The number of anilines is 2. The number of nitrogen functional groups attached to an aromatic ring is 1. The van der Waals surface area contributed by atoms with Crippen LogP contribution in [0.15, 0.2) is 0 Å². The molecule has 0 radical (unpaired) electrons. The third kappa shape index (κ3) is 4.33. The van der Waals surface area contributed by atoms with Gasteiger partial charge in [0.25, 0.3) is 0 Å². The number of rotatable bonds is 7. The Balaban J connectivity index is 2.71. The minimum absolute atomic E-state index is 0.264. The zero-order valence-corrected chi connectivity index (χ0v) is 11.4. The average Bonchev–Trinajstić information content (AvgIpc) is 2.35. The van der Waals surface area contributed by atoms with Gasteiger partial charge in [-0.05, 0) is 18.8 Å². The summed E-state index contributed by atoms with van der Waals surface area (Å²) in [5, 5.41) is 3.16. The van der Waals surface area contributed by atoms with Crippen LogP contribution >= 0.6 is 0 Å². The predicted octanol–water partition coefficient (Wildman–Crippen LogP) is 1.26. The minimum atomic E-state index is 0.264. The monoisotopic (exact) mass is 254 g/mol. The average molecular weight is 254 g/mol. The van der Waals surface area contributed by atoms with E-state index in [4.69, 9.17) is 10.6 Å². The van der Waals surface area contributed by atoms with Gasteiger partial charge in [0, 0.05) is 6.54 Å². The zero-order valence-electron chi connectivity index (χ0n) is 11.4. The lowest BCUT2D eigenvalue weighted by molar-refractivity contribution is 0.312. The molecule has 0 fully saturated rings. The van der Waals surface area contributed by atoms with E-state index in [-0.39, 0.29) is 12.0 Å². The molecule has 1 aromatic heterocycles. The summed E-state index contributed by atoms with van der Waals surface area (Å²) in [5.74, 6) is 7.17. The molecular formula is C11H22N6O. The van der Waals surface area contributed by atoms with Gasteiger partial charge in [0.2, 0.25) is 11.9 Å². The van der Waals surface area contributed by atoms with Crippen molar-refractivity contribution >= 4 is 11.9 Å². The third-order valence-electron chi connectivity index (χ3n) is 2.74. The van der Waals surface area contributed by atoms with E-state index in [1.165, 1.54) is 0 Å². The molecule has 1 aromatic rings. The number of nitrogens with one attached hydrogen (secondary N) is 2. The molecule has 0 aliphatic carbocycles. The van der Waals surface area contributed by atoms with E-state index in [1.807, 2.05) is 6.92 Å². The molecule has 18 heavy (non-hydrogen) atoms. The van der Waals surface area contributed by atoms with Crippen molar-refractivity contribution in [2.75, 3.05) is 23.9 Å². The largest absolute Gasteiger partial charge is 0.464 e.